The van der Waals surface area contributed by atoms with Gasteiger partial charge in [-0.15, -0.1) is 0 Å². The molecule has 0 amide bonds. The van der Waals surface area contributed by atoms with Gasteiger partial charge in [0, 0.05) is 33.3 Å². The van der Waals surface area contributed by atoms with Crippen molar-refractivity contribution in [3.63, 3.8) is 0 Å². The summed E-state index contributed by atoms with van der Waals surface area (Å²) in [6.45, 7) is 1.23. The van der Waals surface area contributed by atoms with Crippen LogP contribution in [0.4, 0.5) is 0 Å². The van der Waals surface area contributed by atoms with Crippen molar-refractivity contribution < 1.29 is 47.5 Å². The molecule has 0 radical (unpaired) electrons. The smallest absolute Gasteiger partial charge is 0.334 e. The summed E-state index contributed by atoms with van der Waals surface area (Å²) in [6, 6.07) is 20.4. The van der Waals surface area contributed by atoms with Gasteiger partial charge in [0.25, 0.3) is 11.6 Å². The minimum atomic E-state index is -1.71. The molecule has 2 atom stereocenters. The molecular weight excluding hydrogens is 739 g/mol. The van der Waals surface area contributed by atoms with Crippen LogP contribution < -0.4 is 39.1 Å². The lowest BCUT2D eigenvalue weighted by atomic mass is 9.97. The molecule has 2 aliphatic heterocycles. The predicted octanol–water partition coefficient (Wildman–Crippen LogP) is 6.13. The van der Waals surface area contributed by atoms with Crippen molar-refractivity contribution >= 4 is 35.1 Å². The van der Waals surface area contributed by atoms with E-state index in [2.05, 4.69) is 10.6 Å². The molecule has 54 heavy (non-hydrogen) atoms. The number of rotatable bonds is 12. The van der Waals surface area contributed by atoms with E-state index in [9.17, 15) is 9.59 Å². The highest BCUT2D eigenvalue weighted by atomic mass is 35.5. The lowest BCUT2D eigenvalue weighted by Crippen LogP contribution is -2.46. The first-order valence-electron chi connectivity index (χ1n) is 17.1. The number of carbonyl (C=O) groups is 2. The molecule has 14 heteroatoms. The molecule has 0 saturated heterocycles. The number of methoxy groups -OCH3 is 4. The molecule has 2 heterocycles. The van der Waals surface area contributed by atoms with E-state index in [-0.39, 0.29) is 13.1 Å². The van der Waals surface area contributed by atoms with Crippen LogP contribution in [0.1, 0.15) is 22.3 Å². The number of fused-ring (bicyclic) bond motifs is 2. The Hall–Kier alpha value is -5.14. The SMILES string of the molecule is COc1cc2c(cc1OC)C(OC(=O)/C=C\C(=O)OC1(Oc3ccc(Cl)cc3)CNCCc3cc(OC)c(OC)cc31)(Oc1ccc(Cl)cc1)CNCC2. The Morgan fingerprint density at radius 3 is 1.28 bits per heavy atom. The zero-order chi connectivity index (χ0) is 38.3. The van der Waals surface area contributed by atoms with Crippen molar-refractivity contribution in [2.75, 3.05) is 54.6 Å². The summed E-state index contributed by atoms with van der Waals surface area (Å²) in [5, 5.41) is 7.61. The molecule has 0 aromatic heterocycles. The Morgan fingerprint density at radius 2 is 0.926 bits per heavy atom. The van der Waals surface area contributed by atoms with Crippen molar-refractivity contribution in [3.05, 3.63) is 117 Å². The second-order valence-electron chi connectivity index (χ2n) is 12.4. The monoisotopic (exact) mass is 778 g/mol. The number of ether oxygens (including phenoxy) is 8. The molecule has 4 aromatic rings. The maximum Gasteiger partial charge on any atom is 0.334 e. The first-order valence-corrected chi connectivity index (χ1v) is 17.8. The molecule has 0 saturated carbocycles. The average Bonchev–Trinajstić information content (AvgIpc) is 3.45. The van der Waals surface area contributed by atoms with E-state index in [1.54, 1.807) is 74.9 Å². The van der Waals surface area contributed by atoms with Crippen LogP contribution >= 0.6 is 23.2 Å². The van der Waals surface area contributed by atoms with Gasteiger partial charge in [-0.2, -0.15) is 0 Å². The van der Waals surface area contributed by atoms with Crippen molar-refractivity contribution in [1.82, 2.24) is 10.6 Å². The number of hydrogen-bond acceptors (Lipinski definition) is 12. The van der Waals surface area contributed by atoms with Crippen molar-refractivity contribution in [2.45, 2.75) is 24.4 Å². The number of carbonyl (C=O) groups excluding carboxylic acids is 2. The zero-order valence-electron chi connectivity index (χ0n) is 30.2. The van der Waals surface area contributed by atoms with Crippen LogP contribution in [0.5, 0.6) is 34.5 Å². The van der Waals surface area contributed by atoms with Gasteiger partial charge in [-0.25, -0.2) is 9.59 Å². The van der Waals surface area contributed by atoms with Crippen LogP contribution in [-0.2, 0) is 43.5 Å². The molecule has 2 aliphatic rings. The van der Waals surface area contributed by atoms with Crippen molar-refractivity contribution in [3.8, 4) is 34.5 Å². The molecule has 0 bridgehead atoms. The summed E-state index contributed by atoms with van der Waals surface area (Å²) in [6.07, 6.45) is 3.11. The normalized spacial score (nSPS) is 19.3. The van der Waals surface area contributed by atoms with Gasteiger partial charge in [0.15, 0.2) is 23.0 Å². The second-order valence-corrected chi connectivity index (χ2v) is 13.2. The third kappa shape index (κ3) is 8.47. The first kappa shape index (κ1) is 38.6. The minimum absolute atomic E-state index is 0.0634. The molecule has 0 spiro atoms. The van der Waals surface area contributed by atoms with Gasteiger partial charge in [0.05, 0.1) is 41.5 Å². The van der Waals surface area contributed by atoms with E-state index in [1.807, 2.05) is 12.1 Å². The van der Waals surface area contributed by atoms with Crippen LogP contribution in [0.25, 0.3) is 0 Å². The molecular formula is C40H40Cl2N2O10. The van der Waals surface area contributed by atoms with Crippen LogP contribution in [0.15, 0.2) is 84.9 Å². The summed E-state index contributed by atoms with van der Waals surface area (Å²) < 4.78 is 47.6. The Balaban J connectivity index is 1.34. The third-order valence-corrected chi connectivity index (χ3v) is 9.48. The van der Waals surface area contributed by atoms with Crippen molar-refractivity contribution in [2.24, 2.45) is 0 Å². The van der Waals surface area contributed by atoms with E-state index in [0.29, 0.717) is 81.6 Å². The van der Waals surface area contributed by atoms with Crippen LogP contribution in [0.2, 0.25) is 10.0 Å². The first-order chi connectivity index (χ1) is 26.1. The summed E-state index contributed by atoms with van der Waals surface area (Å²) in [7, 11) is 6.11. The summed E-state index contributed by atoms with van der Waals surface area (Å²) in [4.78, 5) is 27.6. The summed E-state index contributed by atoms with van der Waals surface area (Å²) >= 11 is 12.3. The minimum Gasteiger partial charge on any atom is -0.493 e. The molecule has 2 N–H and O–H groups in total. The zero-order valence-corrected chi connectivity index (χ0v) is 31.7. The molecule has 12 nitrogen and oxygen atoms in total. The number of hydrogen-bond donors (Lipinski definition) is 2. The highest BCUT2D eigenvalue weighted by Gasteiger charge is 2.45. The maximum atomic E-state index is 13.8. The van der Waals surface area contributed by atoms with E-state index in [1.165, 1.54) is 14.2 Å². The van der Waals surface area contributed by atoms with Crippen LogP contribution in [0, 0.1) is 0 Å². The largest absolute Gasteiger partial charge is 0.493 e. The Kier molecular flexibility index (Phi) is 12.1. The number of halogens is 2. The Bertz CT molecular complexity index is 1860. The number of benzene rings is 4. The van der Waals surface area contributed by atoms with Gasteiger partial charge < -0.3 is 48.5 Å². The lowest BCUT2D eigenvalue weighted by molar-refractivity contribution is -0.198. The fraction of sp³-hybridized carbons (Fsp3) is 0.300. The molecule has 0 aliphatic carbocycles. The summed E-state index contributed by atoms with van der Waals surface area (Å²) in [5.41, 5.74) is 2.67. The van der Waals surface area contributed by atoms with Crippen molar-refractivity contribution in [1.29, 1.82) is 0 Å². The topological polar surface area (TPSA) is 132 Å². The van der Waals surface area contributed by atoms with Crippen LogP contribution in [0.3, 0.4) is 0 Å². The highest BCUT2D eigenvalue weighted by molar-refractivity contribution is 6.30. The summed E-state index contributed by atoms with van der Waals surface area (Å²) in [5.74, 6) is -2.58. The molecule has 4 aromatic carbocycles. The molecule has 0 fully saturated rings. The van der Waals surface area contributed by atoms with E-state index in [4.69, 9.17) is 61.1 Å². The highest BCUT2D eigenvalue weighted by Crippen LogP contribution is 2.42. The molecule has 2 unspecified atom stereocenters. The molecule has 6 rings (SSSR count). The second kappa shape index (κ2) is 16.9. The fourth-order valence-electron chi connectivity index (χ4n) is 6.43. The lowest BCUT2D eigenvalue weighted by Gasteiger charge is -2.34. The average molecular weight is 780 g/mol. The van der Waals surface area contributed by atoms with Gasteiger partial charge in [0.1, 0.15) is 11.5 Å². The van der Waals surface area contributed by atoms with Gasteiger partial charge in [0.2, 0.25) is 0 Å². The van der Waals surface area contributed by atoms with Gasteiger partial charge in [-0.3, -0.25) is 0 Å². The molecule has 284 valence electrons. The van der Waals surface area contributed by atoms with Gasteiger partial charge in [-0.05, 0) is 110 Å². The third-order valence-electron chi connectivity index (χ3n) is 8.98. The number of nitrogens with one attached hydrogen (secondary N) is 2. The Morgan fingerprint density at radius 1 is 0.574 bits per heavy atom. The van der Waals surface area contributed by atoms with E-state index < -0.39 is 23.5 Å². The quantitative estimate of drug-likeness (QED) is 0.0975. The Labute approximate surface area is 323 Å². The van der Waals surface area contributed by atoms with Gasteiger partial charge >= 0.3 is 11.9 Å². The standard InChI is InChI=1S/C40H40Cl2N2O10/c1-47-33-19-25-15-17-43-23-39(31(25)21-35(33)49-3,51-29-9-5-27(41)6-10-29)53-37(45)13-14-38(46)54-40(52-30-11-7-28(42)8-12-30)24-44-18-16-26-20-34(48-2)36(50-4)22-32(26)40/h5-14,19-22,43-44H,15-18,23-24H2,1-4H3/b14-13-. The fourth-order valence-corrected chi connectivity index (χ4v) is 6.68. The van der Waals surface area contributed by atoms with Crippen LogP contribution in [-0.4, -0.2) is 66.6 Å². The van der Waals surface area contributed by atoms with Gasteiger partial charge in [-0.1, -0.05) is 23.2 Å². The number of esters is 2. The van der Waals surface area contributed by atoms with E-state index >= 15 is 0 Å². The van der Waals surface area contributed by atoms with E-state index in [0.717, 1.165) is 23.3 Å². The predicted molar refractivity (Wildman–Crippen MR) is 201 cm³/mol. The maximum absolute atomic E-state index is 13.8.